The number of sulfonamides is 1. The molecule has 2 N–H and O–H groups in total. The molecule has 27 heavy (non-hydrogen) atoms. The van der Waals surface area contributed by atoms with E-state index >= 15 is 0 Å². The molecule has 0 saturated heterocycles. The zero-order chi connectivity index (χ0) is 19.4. The van der Waals surface area contributed by atoms with Crippen LogP contribution in [0.4, 0.5) is 0 Å². The van der Waals surface area contributed by atoms with Crippen LogP contribution in [0.15, 0.2) is 40.6 Å². The van der Waals surface area contributed by atoms with Gasteiger partial charge in [-0.05, 0) is 31.0 Å². The fraction of sp³-hybridized carbons (Fsp3) is 0.412. The van der Waals surface area contributed by atoms with Crippen molar-refractivity contribution in [3.63, 3.8) is 0 Å². The molecule has 1 aliphatic carbocycles. The number of imidazole rings is 1. The summed E-state index contributed by atoms with van der Waals surface area (Å²) in [5.74, 6) is 0.534. The van der Waals surface area contributed by atoms with Gasteiger partial charge >= 0.3 is 0 Å². The molecule has 146 valence electrons. The summed E-state index contributed by atoms with van der Waals surface area (Å²) in [6.07, 6.45) is 5.23. The van der Waals surface area contributed by atoms with Crippen LogP contribution in [0.1, 0.15) is 23.2 Å². The van der Waals surface area contributed by atoms with Gasteiger partial charge in [-0.3, -0.25) is 4.79 Å². The fourth-order valence-corrected chi connectivity index (χ4v) is 4.70. The van der Waals surface area contributed by atoms with Crippen molar-refractivity contribution >= 4 is 27.7 Å². The number of hydrogen-bond donors (Lipinski definition) is 2. The molecule has 0 spiro atoms. The SMILES string of the molecule is COc1ccc(C(=O)NCCSc2nccn2C)cc1S(=O)(=O)NC1CC1. The van der Waals surface area contributed by atoms with Crippen molar-refractivity contribution in [2.24, 2.45) is 7.05 Å². The van der Waals surface area contributed by atoms with Crippen molar-refractivity contribution in [3.8, 4) is 5.75 Å². The van der Waals surface area contributed by atoms with Crippen molar-refractivity contribution < 1.29 is 17.9 Å². The third-order valence-corrected chi connectivity index (χ3v) is 6.61. The number of nitrogens with zero attached hydrogens (tertiary/aromatic N) is 2. The Morgan fingerprint density at radius 3 is 2.81 bits per heavy atom. The van der Waals surface area contributed by atoms with Gasteiger partial charge in [0.05, 0.1) is 7.11 Å². The largest absolute Gasteiger partial charge is 0.495 e. The predicted octanol–water partition coefficient (Wildman–Crippen LogP) is 1.39. The highest BCUT2D eigenvalue weighted by atomic mass is 32.2. The lowest BCUT2D eigenvalue weighted by Gasteiger charge is -2.12. The maximum atomic E-state index is 12.5. The minimum atomic E-state index is -3.73. The second-order valence-electron chi connectivity index (χ2n) is 6.19. The number of aromatic nitrogens is 2. The number of benzene rings is 1. The standard InChI is InChI=1S/C17H22N4O4S2/c1-21-9-7-19-17(21)26-10-8-18-16(22)12-3-6-14(25-2)15(11-12)27(23,24)20-13-4-5-13/h3,6-7,9,11,13,20H,4-5,8,10H2,1-2H3,(H,18,22). The molecular formula is C17H22N4O4S2. The molecule has 3 rings (SSSR count). The topological polar surface area (TPSA) is 102 Å². The van der Waals surface area contributed by atoms with Gasteiger partial charge in [0, 0.05) is 43.3 Å². The highest BCUT2D eigenvalue weighted by molar-refractivity contribution is 7.99. The first-order valence-corrected chi connectivity index (χ1v) is 11.0. The van der Waals surface area contributed by atoms with Crippen LogP contribution in [-0.2, 0) is 17.1 Å². The van der Waals surface area contributed by atoms with Crippen LogP contribution in [0, 0.1) is 0 Å². The number of thioether (sulfide) groups is 1. The van der Waals surface area contributed by atoms with E-state index in [9.17, 15) is 13.2 Å². The normalized spacial score (nSPS) is 14.1. The van der Waals surface area contributed by atoms with E-state index < -0.39 is 10.0 Å². The quantitative estimate of drug-likeness (QED) is 0.478. The van der Waals surface area contributed by atoms with Gasteiger partial charge < -0.3 is 14.6 Å². The summed E-state index contributed by atoms with van der Waals surface area (Å²) < 4.78 is 34.7. The van der Waals surface area contributed by atoms with E-state index in [-0.39, 0.29) is 28.2 Å². The molecule has 8 nitrogen and oxygen atoms in total. The molecule has 1 heterocycles. The summed E-state index contributed by atoms with van der Waals surface area (Å²) in [6, 6.07) is 4.38. The number of nitrogens with one attached hydrogen (secondary N) is 2. The van der Waals surface area contributed by atoms with Gasteiger partial charge in [-0.15, -0.1) is 0 Å². The lowest BCUT2D eigenvalue weighted by molar-refractivity contribution is 0.0956. The molecule has 0 unspecified atom stereocenters. The zero-order valence-corrected chi connectivity index (χ0v) is 16.8. The molecule has 1 saturated carbocycles. The zero-order valence-electron chi connectivity index (χ0n) is 15.1. The first-order chi connectivity index (χ1) is 12.9. The van der Waals surface area contributed by atoms with Gasteiger partial charge in [0.25, 0.3) is 5.91 Å². The third-order valence-electron chi connectivity index (χ3n) is 4.01. The summed E-state index contributed by atoms with van der Waals surface area (Å²) in [5, 5.41) is 3.67. The van der Waals surface area contributed by atoms with E-state index in [1.165, 1.54) is 31.0 Å². The summed E-state index contributed by atoms with van der Waals surface area (Å²) in [6.45, 7) is 0.435. The molecule has 1 aromatic carbocycles. The van der Waals surface area contributed by atoms with Crippen molar-refractivity contribution in [1.82, 2.24) is 19.6 Å². The molecule has 0 radical (unpaired) electrons. The van der Waals surface area contributed by atoms with Crippen LogP contribution in [0.3, 0.4) is 0 Å². The number of carbonyl (C=O) groups is 1. The minimum Gasteiger partial charge on any atom is -0.495 e. The molecule has 0 aliphatic heterocycles. The number of rotatable bonds is 9. The number of amides is 1. The smallest absolute Gasteiger partial charge is 0.251 e. The van der Waals surface area contributed by atoms with Gasteiger partial charge in [0.15, 0.2) is 5.16 Å². The number of aryl methyl sites for hydroxylation is 1. The maximum Gasteiger partial charge on any atom is 0.251 e. The Hall–Kier alpha value is -2.04. The molecule has 10 heteroatoms. The summed E-state index contributed by atoms with van der Waals surface area (Å²) in [7, 11) is -0.417. The van der Waals surface area contributed by atoms with Gasteiger partial charge in [0.1, 0.15) is 10.6 Å². The Balaban J connectivity index is 1.64. The Morgan fingerprint density at radius 2 is 2.19 bits per heavy atom. The second-order valence-corrected chi connectivity index (χ2v) is 8.93. The van der Waals surface area contributed by atoms with E-state index in [0.717, 1.165) is 18.0 Å². The van der Waals surface area contributed by atoms with Gasteiger partial charge in [0.2, 0.25) is 10.0 Å². The van der Waals surface area contributed by atoms with Gasteiger partial charge in [-0.2, -0.15) is 0 Å². The average molecular weight is 411 g/mol. The lowest BCUT2D eigenvalue weighted by Crippen LogP contribution is -2.28. The highest BCUT2D eigenvalue weighted by Gasteiger charge is 2.30. The number of hydrogen-bond acceptors (Lipinski definition) is 6. The molecule has 1 fully saturated rings. The molecule has 2 aromatic rings. The third kappa shape index (κ3) is 5.02. The van der Waals surface area contributed by atoms with Crippen molar-refractivity contribution in [3.05, 3.63) is 36.2 Å². The molecule has 1 aliphatic rings. The van der Waals surface area contributed by atoms with Crippen LogP contribution in [0.25, 0.3) is 0 Å². The maximum absolute atomic E-state index is 12.5. The van der Waals surface area contributed by atoms with E-state index in [1.807, 2.05) is 17.8 Å². The predicted molar refractivity (Wildman–Crippen MR) is 103 cm³/mol. The first kappa shape index (κ1) is 19.7. The highest BCUT2D eigenvalue weighted by Crippen LogP contribution is 2.28. The van der Waals surface area contributed by atoms with E-state index in [1.54, 1.807) is 12.3 Å². The second kappa shape index (κ2) is 8.32. The Kier molecular flexibility index (Phi) is 6.08. The molecule has 1 aromatic heterocycles. The van der Waals surface area contributed by atoms with Crippen molar-refractivity contribution in [2.45, 2.75) is 28.9 Å². The summed E-state index contributed by atoms with van der Waals surface area (Å²) in [4.78, 5) is 16.6. The molecule has 0 atom stereocenters. The van der Waals surface area contributed by atoms with Gasteiger partial charge in [-0.1, -0.05) is 11.8 Å². The molecular weight excluding hydrogens is 388 g/mol. The van der Waals surface area contributed by atoms with Crippen LogP contribution < -0.4 is 14.8 Å². The number of carbonyl (C=O) groups excluding carboxylic acids is 1. The van der Waals surface area contributed by atoms with Crippen LogP contribution in [-0.4, -0.2) is 49.3 Å². The average Bonchev–Trinajstić information content (AvgIpc) is 3.36. The fourth-order valence-electron chi connectivity index (χ4n) is 2.41. The minimum absolute atomic E-state index is 0.0214. The van der Waals surface area contributed by atoms with Crippen LogP contribution >= 0.6 is 11.8 Å². The number of ether oxygens (including phenoxy) is 1. The van der Waals surface area contributed by atoms with Gasteiger partial charge in [-0.25, -0.2) is 18.1 Å². The molecule has 0 bridgehead atoms. The van der Waals surface area contributed by atoms with Crippen LogP contribution in [0.5, 0.6) is 5.75 Å². The van der Waals surface area contributed by atoms with E-state index in [0.29, 0.717) is 12.3 Å². The van der Waals surface area contributed by atoms with E-state index in [4.69, 9.17) is 4.74 Å². The summed E-state index contributed by atoms with van der Waals surface area (Å²) in [5.41, 5.74) is 0.272. The Bertz CT molecular complexity index is 923. The Labute approximate surface area is 162 Å². The van der Waals surface area contributed by atoms with E-state index in [2.05, 4.69) is 15.0 Å². The number of methoxy groups -OCH3 is 1. The molecule has 1 amide bonds. The first-order valence-electron chi connectivity index (χ1n) is 8.49. The summed E-state index contributed by atoms with van der Waals surface area (Å²) >= 11 is 1.53. The van der Waals surface area contributed by atoms with Crippen molar-refractivity contribution in [1.29, 1.82) is 0 Å². The van der Waals surface area contributed by atoms with Crippen LogP contribution in [0.2, 0.25) is 0 Å². The van der Waals surface area contributed by atoms with Crippen molar-refractivity contribution in [2.75, 3.05) is 19.4 Å². The Morgan fingerprint density at radius 1 is 1.41 bits per heavy atom. The lowest BCUT2D eigenvalue weighted by atomic mass is 10.2. The monoisotopic (exact) mass is 410 g/mol.